The van der Waals surface area contributed by atoms with Crippen LogP contribution in [-0.2, 0) is 0 Å². The molecule has 1 amide bonds. The van der Waals surface area contributed by atoms with E-state index in [0.717, 1.165) is 11.1 Å². The first-order valence-electron chi connectivity index (χ1n) is 6.31. The van der Waals surface area contributed by atoms with E-state index in [-0.39, 0.29) is 18.2 Å². The third-order valence-electron chi connectivity index (χ3n) is 2.89. The minimum Gasteiger partial charge on any atom is -0.350 e. The summed E-state index contributed by atoms with van der Waals surface area (Å²) in [7, 11) is 0. The van der Waals surface area contributed by atoms with Crippen molar-refractivity contribution >= 4 is 18.3 Å². The largest absolute Gasteiger partial charge is 0.350 e. The van der Waals surface area contributed by atoms with Gasteiger partial charge in [0.25, 0.3) is 11.8 Å². The number of carbonyl (C=O) groups is 1. The molecule has 0 unspecified atom stereocenters. The highest BCUT2D eigenvalue weighted by atomic mass is 35.5. The van der Waals surface area contributed by atoms with Crippen molar-refractivity contribution < 1.29 is 18.1 Å². The molecule has 0 saturated heterocycles. The van der Waals surface area contributed by atoms with Crippen LogP contribution in [0.5, 0.6) is 0 Å². The first-order valence-corrected chi connectivity index (χ1v) is 6.31. The number of benzene rings is 1. The van der Waals surface area contributed by atoms with Crippen LogP contribution in [0, 0.1) is 6.92 Å². The number of amides is 1. The zero-order valence-electron chi connectivity index (χ0n) is 11.8. The molecule has 2 aromatic rings. The van der Waals surface area contributed by atoms with E-state index >= 15 is 0 Å². The lowest BCUT2D eigenvalue weighted by Crippen LogP contribution is -2.41. The summed E-state index contributed by atoms with van der Waals surface area (Å²) < 4.78 is 30.8. The van der Waals surface area contributed by atoms with Gasteiger partial charge in [0.05, 0.1) is 13.1 Å². The lowest BCUT2D eigenvalue weighted by molar-refractivity contribution is 0.0115. The van der Waals surface area contributed by atoms with Crippen molar-refractivity contribution in [2.24, 2.45) is 5.73 Å². The summed E-state index contributed by atoms with van der Waals surface area (Å²) in [5, 5.41) is 5.82. The Kier molecular flexibility index (Phi) is 6.01. The number of alkyl halides is 2. The molecule has 120 valence electrons. The molecule has 22 heavy (non-hydrogen) atoms. The van der Waals surface area contributed by atoms with Crippen molar-refractivity contribution in [2.45, 2.75) is 12.8 Å². The smallest absolute Gasteiger partial charge is 0.290 e. The summed E-state index contributed by atoms with van der Waals surface area (Å²) in [5.74, 6) is -4.03. The van der Waals surface area contributed by atoms with Gasteiger partial charge in [-0.25, -0.2) is 8.78 Å². The number of rotatable bonds is 5. The third-order valence-corrected chi connectivity index (χ3v) is 2.89. The van der Waals surface area contributed by atoms with Gasteiger partial charge in [-0.1, -0.05) is 35.0 Å². The van der Waals surface area contributed by atoms with E-state index in [1.807, 2.05) is 31.2 Å². The minimum absolute atomic E-state index is 0. The van der Waals surface area contributed by atoms with Crippen molar-refractivity contribution in [1.82, 2.24) is 10.5 Å². The Bertz CT molecular complexity index is 629. The summed E-state index contributed by atoms with van der Waals surface area (Å²) in [6.07, 6.45) is 0. The third kappa shape index (κ3) is 4.51. The van der Waals surface area contributed by atoms with E-state index in [1.165, 1.54) is 6.07 Å². The molecule has 0 aliphatic heterocycles. The van der Waals surface area contributed by atoms with Crippen molar-refractivity contribution in [3.63, 3.8) is 0 Å². The molecule has 1 heterocycles. The highest BCUT2D eigenvalue weighted by molar-refractivity contribution is 5.92. The van der Waals surface area contributed by atoms with Crippen LogP contribution in [0.2, 0.25) is 0 Å². The molecule has 8 heteroatoms. The van der Waals surface area contributed by atoms with Gasteiger partial charge in [0.1, 0.15) is 5.69 Å². The molecule has 0 aliphatic rings. The standard InChI is InChI=1S/C14H15F2N3O2.ClH/c1-9-2-4-10(5-3-9)11-6-12(21-19-11)13(20)18-8-14(15,16)7-17;/h2-6H,7-8,17H2,1H3,(H,18,20);1H. The summed E-state index contributed by atoms with van der Waals surface area (Å²) in [5.41, 5.74) is 7.21. The van der Waals surface area contributed by atoms with Gasteiger partial charge in [-0.3, -0.25) is 4.79 Å². The molecular weight excluding hydrogens is 316 g/mol. The first kappa shape index (κ1) is 18.1. The minimum atomic E-state index is -3.14. The fraction of sp³-hybridized carbons (Fsp3) is 0.286. The van der Waals surface area contributed by atoms with Crippen molar-refractivity contribution in [1.29, 1.82) is 0 Å². The molecule has 1 aromatic carbocycles. The van der Waals surface area contributed by atoms with E-state index < -0.39 is 24.9 Å². The molecule has 5 nitrogen and oxygen atoms in total. The number of aryl methyl sites for hydroxylation is 1. The average molecular weight is 332 g/mol. The maximum absolute atomic E-state index is 13.0. The second-order valence-electron chi connectivity index (χ2n) is 4.69. The second-order valence-corrected chi connectivity index (χ2v) is 4.69. The van der Waals surface area contributed by atoms with Crippen LogP contribution >= 0.6 is 12.4 Å². The Hall–Kier alpha value is -1.99. The second kappa shape index (κ2) is 7.33. The Morgan fingerprint density at radius 2 is 2.00 bits per heavy atom. The van der Waals surface area contributed by atoms with Gasteiger partial charge in [0, 0.05) is 11.6 Å². The van der Waals surface area contributed by atoms with Crippen molar-refractivity contribution in [3.05, 3.63) is 41.7 Å². The maximum Gasteiger partial charge on any atom is 0.290 e. The van der Waals surface area contributed by atoms with Gasteiger partial charge in [-0.15, -0.1) is 12.4 Å². The van der Waals surface area contributed by atoms with Gasteiger partial charge in [0.15, 0.2) is 0 Å². The van der Waals surface area contributed by atoms with E-state index in [0.29, 0.717) is 5.69 Å². The summed E-state index contributed by atoms with van der Waals surface area (Å²) in [6, 6.07) is 8.85. The fourth-order valence-corrected chi connectivity index (χ4v) is 1.61. The number of hydrogen-bond donors (Lipinski definition) is 2. The van der Waals surface area contributed by atoms with E-state index in [4.69, 9.17) is 10.3 Å². The predicted octanol–water partition coefficient (Wildman–Crippen LogP) is 2.40. The fourth-order valence-electron chi connectivity index (χ4n) is 1.61. The molecule has 0 spiro atoms. The zero-order valence-corrected chi connectivity index (χ0v) is 12.6. The Balaban J connectivity index is 0.00000242. The summed E-state index contributed by atoms with van der Waals surface area (Å²) >= 11 is 0. The van der Waals surface area contributed by atoms with Crippen LogP contribution in [0.4, 0.5) is 8.78 Å². The van der Waals surface area contributed by atoms with Gasteiger partial charge in [-0.05, 0) is 6.92 Å². The van der Waals surface area contributed by atoms with E-state index in [9.17, 15) is 13.6 Å². The van der Waals surface area contributed by atoms with Crippen LogP contribution in [0.25, 0.3) is 11.3 Å². The van der Waals surface area contributed by atoms with Crippen molar-refractivity contribution in [2.75, 3.05) is 13.1 Å². The highest BCUT2D eigenvalue weighted by Gasteiger charge is 2.28. The summed E-state index contributed by atoms with van der Waals surface area (Å²) in [6.45, 7) is 0.268. The average Bonchev–Trinajstić information content (AvgIpc) is 2.95. The van der Waals surface area contributed by atoms with Crippen LogP contribution < -0.4 is 11.1 Å². The topological polar surface area (TPSA) is 81.2 Å². The lowest BCUT2D eigenvalue weighted by Gasteiger charge is -2.13. The lowest BCUT2D eigenvalue weighted by atomic mass is 10.1. The van der Waals surface area contributed by atoms with Gasteiger partial charge >= 0.3 is 0 Å². The number of nitrogens with zero attached hydrogens (tertiary/aromatic N) is 1. The normalized spacial score (nSPS) is 10.9. The molecule has 0 saturated carbocycles. The maximum atomic E-state index is 13.0. The molecule has 2 rings (SSSR count). The Morgan fingerprint density at radius 1 is 1.36 bits per heavy atom. The van der Waals surface area contributed by atoms with Crippen LogP contribution in [0.15, 0.2) is 34.9 Å². The number of nitrogens with two attached hydrogens (primary N) is 1. The Morgan fingerprint density at radius 3 is 2.59 bits per heavy atom. The first-order chi connectivity index (χ1) is 9.91. The van der Waals surface area contributed by atoms with Gasteiger partial charge in [0.2, 0.25) is 5.76 Å². The molecule has 0 aliphatic carbocycles. The van der Waals surface area contributed by atoms with Crippen LogP contribution in [0.1, 0.15) is 16.1 Å². The SMILES string of the molecule is Cc1ccc(-c2cc(C(=O)NCC(F)(F)CN)on2)cc1.Cl. The molecule has 0 bridgehead atoms. The van der Waals surface area contributed by atoms with Crippen LogP contribution in [-0.4, -0.2) is 30.1 Å². The Labute approximate surface area is 132 Å². The highest BCUT2D eigenvalue weighted by Crippen LogP contribution is 2.19. The van der Waals surface area contributed by atoms with Gasteiger partial charge in [-0.2, -0.15) is 0 Å². The number of carbonyl (C=O) groups excluding carboxylic acids is 1. The summed E-state index contributed by atoms with van der Waals surface area (Å²) in [4.78, 5) is 11.7. The number of hydrogen-bond acceptors (Lipinski definition) is 4. The molecule has 0 fully saturated rings. The monoisotopic (exact) mass is 331 g/mol. The molecule has 3 N–H and O–H groups in total. The number of aromatic nitrogens is 1. The molecular formula is C14H16ClF2N3O2. The van der Waals surface area contributed by atoms with Crippen LogP contribution in [0.3, 0.4) is 0 Å². The van der Waals surface area contributed by atoms with E-state index in [2.05, 4.69) is 10.5 Å². The molecule has 0 radical (unpaired) electrons. The van der Waals surface area contributed by atoms with E-state index in [1.54, 1.807) is 0 Å². The number of halogens is 3. The zero-order chi connectivity index (χ0) is 15.5. The molecule has 1 aromatic heterocycles. The van der Waals surface area contributed by atoms with Gasteiger partial charge < -0.3 is 15.6 Å². The quantitative estimate of drug-likeness (QED) is 0.881. The molecule has 0 atom stereocenters. The number of nitrogens with one attached hydrogen (secondary N) is 1. The van der Waals surface area contributed by atoms with Crippen molar-refractivity contribution in [3.8, 4) is 11.3 Å². The predicted molar refractivity (Wildman–Crippen MR) is 80.3 cm³/mol.